The molecule has 2 N–H and O–H groups in total. The van der Waals surface area contributed by atoms with Crippen molar-refractivity contribution in [2.45, 2.75) is 25.2 Å². The Morgan fingerprint density at radius 1 is 1.22 bits per heavy atom. The first-order chi connectivity index (χ1) is 12.9. The lowest BCUT2D eigenvalue weighted by Crippen LogP contribution is -2.31. The summed E-state index contributed by atoms with van der Waals surface area (Å²) in [5.74, 6) is 0.00799. The second-order valence-corrected chi connectivity index (χ2v) is 7.01. The number of methoxy groups -OCH3 is 3. The van der Waals surface area contributed by atoms with Gasteiger partial charge in [0.05, 0.1) is 31.7 Å². The van der Waals surface area contributed by atoms with Gasteiger partial charge in [0.1, 0.15) is 11.3 Å². The number of halogens is 1. The second-order valence-electron chi connectivity index (χ2n) is 6.16. The number of allylic oxidation sites excluding steroid dienone is 2. The Kier molecular flexibility index (Phi) is 5.46. The van der Waals surface area contributed by atoms with E-state index in [1.165, 1.54) is 21.3 Å². The van der Waals surface area contributed by atoms with Crippen LogP contribution in [0.1, 0.15) is 30.7 Å². The molecule has 144 valence electrons. The third-order valence-electron chi connectivity index (χ3n) is 4.68. The van der Waals surface area contributed by atoms with Gasteiger partial charge < -0.3 is 24.7 Å². The van der Waals surface area contributed by atoms with Crippen LogP contribution in [0.5, 0.6) is 11.5 Å². The fourth-order valence-corrected chi connectivity index (χ4v) is 4.12. The highest BCUT2D eigenvalue weighted by molar-refractivity contribution is 9.10. The summed E-state index contributed by atoms with van der Waals surface area (Å²) in [6.45, 7) is 0. The van der Waals surface area contributed by atoms with Crippen LogP contribution in [0.3, 0.4) is 0 Å². The van der Waals surface area contributed by atoms with Crippen LogP contribution in [0.25, 0.3) is 0 Å². The van der Waals surface area contributed by atoms with Crippen LogP contribution in [0.2, 0.25) is 0 Å². The van der Waals surface area contributed by atoms with E-state index in [1.807, 2.05) is 0 Å². The van der Waals surface area contributed by atoms with Gasteiger partial charge in [0.2, 0.25) is 5.88 Å². The predicted octanol–water partition coefficient (Wildman–Crippen LogP) is 2.93. The van der Waals surface area contributed by atoms with Crippen LogP contribution in [0.15, 0.2) is 39.4 Å². The van der Waals surface area contributed by atoms with Gasteiger partial charge in [0.15, 0.2) is 17.3 Å². The number of rotatable bonds is 4. The molecular formula is C19H20BrNO6. The minimum absolute atomic E-state index is 0.0498. The first-order valence-corrected chi connectivity index (χ1v) is 9.15. The molecule has 8 heteroatoms. The number of hydrogen-bond acceptors (Lipinski definition) is 7. The SMILES string of the molecule is COC(=O)C1=C(N)OC2=C(C(=O)CCC2)[C@H]1c1cc(Br)c(OC)c(OC)c1. The molecule has 3 rings (SSSR count). The average molecular weight is 438 g/mol. The van der Waals surface area contributed by atoms with E-state index in [-0.39, 0.29) is 17.2 Å². The number of esters is 1. The lowest BCUT2D eigenvalue weighted by molar-refractivity contribution is -0.136. The van der Waals surface area contributed by atoms with Crippen LogP contribution >= 0.6 is 15.9 Å². The molecular weight excluding hydrogens is 418 g/mol. The lowest BCUT2D eigenvalue weighted by Gasteiger charge is -2.32. The van der Waals surface area contributed by atoms with Gasteiger partial charge in [0, 0.05) is 18.4 Å². The summed E-state index contributed by atoms with van der Waals surface area (Å²) < 4.78 is 21.9. The normalized spacial score (nSPS) is 19.4. The molecule has 1 aromatic rings. The fraction of sp³-hybridized carbons (Fsp3) is 0.368. The van der Waals surface area contributed by atoms with Crippen LogP contribution < -0.4 is 15.2 Å². The molecule has 0 spiro atoms. The number of carbonyl (C=O) groups is 2. The summed E-state index contributed by atoms with van der Waals surface area (Å²) in [7, 11) is 4.30. The molecule has 1 aliphatic carbocycles. The van der Waals surface area contributed by atoms with Crippen molar-refractivity contribution in [2.24, 2.45) is 5.73 Å². The summed E-state index contributed by atoms with van der Waals surface area (Å²) in [6, 6.07) is 3.50. The van der Waals surface area contributed by atoms with Gasteiger partial charge >= 0.3 is 5.97 Å². The number of carbonyl (C=O) groups excluding carboxylic acids is 2. The van der Waals surface area contributed by atoms with E-state index in [1.54, 1.807) is 12.1 Å². The van der Waals surface area contributed by atoms with Crippen molar-refractivity contribution >= 4 is 27.7 Å². The largest absolute Gasteiger partial charge is 0.493 e. The van der Waals surface area contributed by atoms with Crippen LogP contribution in [0.4, 0.5) is 0 Å². The van der Waals surface area contributed by atoms with Crippen LogP contribution in [0, 0.1) is 0 Å². The van der Waals surface area contributed by atoms with Crippen molar-refractivity contribution in [2.75, 3.05) is 21.3 Å². The summed E-state index contributed by atoms with van der Waals surface area (Å²) >= 11 is 3.46. The Morgan fingerprint density at radius 3 is 2.59 bits per heavy atom. The molecule has 0 bridgehead atoms. The standard InChI is InChI=1S/C19H20BrNO6/c1-24-13-8-9(7-10(20)17(13)25-2)14-15-11(22)5-4-6-12(15)27-18(21)16(14)19(23)26-3/h7-8,14H,4-6,21H2,1-3H3/t14-/m1/s1. The molecule has 0 amide bonds. The molecule has 27 heavy (non-hydrogen) atoms. The van der Waals surface area contributed by atoms with Gasteiger partial charge in [-0.05, 0) is 40.0 Å². The Hall–Kier alpha value is -2.48. The monoisotopic (exact) mass is 437 g/mol. The molecule has 7 nitrogen and oxygen atoms in total. The summed E-state index contributed by atoms with van der Waals surface area (Å²) in [6.07, 6.45) is 1.66. The van der Waals surface area contributed by atoms with E-state index in [9.17, 15) is 9.59 Å². The molecule has 0 saturated carbocycles. The number of Topliss-reactive ketones (excluding diaryl/α,β-unsaturated/α-hetero) is 1. The second kappa shape index (κ2) is 7.64. The van der Waals surface area contributed by atoms with Crippen LogP contribution in [-0.2, 0) is 19.1 Å². The van der Waals surface area contributed by atoms with Gasteiger partial charge in [-0.25, -0.2) is 4.79 Å². The summed E-state index contributed by atoms with van der Waals surface area (Å²) in [5.41, 5.74) is 7.23. The fourth-order valence-electron chi connectivity index (χ4n) is 3.50. The van der Waals surface area contributed by atoms with Crippen molar-refractivity contribution in [1.82, 2.24) is 0 Å². The predicted molar refractivity (Wildman–Crippen MR) is 100 cm³/mol. The Morgan fingerprint density at radius 2 is 1.96 bits per heavy atom. The molecule has 0 saturated heterocycles. The van der Waals surface area contributed by atoms with E-state index in [4.69, 9.17) is 24.7 Å². The van der Waals surface area contributed by atoms with Gasteiger partial charge in [-0.3, -0.25) is 4.79 Å². The number of hydrogen-bond donors (Lipinski definition) is 1. The van der Waals surface area contributed by atoms with E-state index in [0.717, 1.165) is 0 Å². The summed E-state index contributed by atoms with van der Waals surface area (Å²) in [5, 5.41) is 0. The minimum atomic E-state index is -0.704. The molecule has 1 heterocycles. The third kappa shape index (κ3) is 3.29. The molecule has 2 aliphatic rings. The molecule has 0 aromatic heterocycles. The van der Waals surface area contributed by atoms with E-state index in [2.05, 4.69) is 15.9 Å². The molecule has 1 aliphatic heterocycles. The Bertz CT molecular complexity index is 873. The van der Waals surface area contributed by atoms with E-state index < -0.39 is 11.9 Å². The van der Waals surface area contributed by atoms with Crippen molar-refractivity contribution in [3.8, 4) is 11.5 Å². The summed E-state index contributed by atoms with van der Waals surface area (Å²) in [4.78, 5) is 25.2. The van der Waals surface area contributed by atoms with Gasteiger partial charge in [-0.15, -0.1) is 0 Å². The zero-order chi connectivity index (χ0) is 19.7. The Balaban J connectivity index is 2.25. The van der Waals surface area contributed by atoms with Crippen molar-refractivity contribution in [3.63, 3.8) is 0 Å². The molecule has 1 aromatic carbocycles. The highest BCUT2D eigenvalue weighted by atomic mass is 79.9. The maximum absolute atomic E-state index is 12.7. The zero-order valence-corrected chi connectivity index (χ0v) is 16.8. The van der Waals surface area contributed by atoms with Gasteiger partial charge in [-0.2, -0.15) is 0 Å². The highest BCUT2D eigenvalue weighted by Crippen LogP contribution is 2.47. The average Bonchev–Trinajstić information content (AvgIpc) is 2.65. The van der Waals surface area contributed by atoms with Crippen LogP contribution in [-0.4, -0.2) is 33.1 Å². The molecule has 0 unspecified atom stereocenters. The molecule has 0 radical (unpaired) electrons. The van der Waals surface area contributed by atoms with Gasteiger partial charge in [-0.1, -0.05) is 0 Å². The first kappa shape index (κ1) is 19.3. The number of nitrogens with two attached hydrogens (primary N) is 1. The lowest BCUT2D eigenvalue weighted by atomic mass is 9.77. The van der Waals surface area contributed by atoms with E-state index in [0.29, 0.717) is 52.1 Å². The van der Waals surface area contributed by atoms with Gasteiger partial charge in [0.25, 0.3) is 0 Å². The topological polar surface area (TPSA) is 97.1 Å². The highest BCUT2D eigenvalue weighted by Gasteiger charge is 2.41. The van der Waals surface area contributed by atoms with E-state index >= 15 is 0 Å². The maximum atomic E-state index is 12.7. The minimum Gasteiger partial charge on any atom is -0.493 e. The number of ether oxygens (including phenoxy) is 4. The first-order valence-electron chi connectivity index (χ1n) is 8.36. The number of ketones is 1. The number of benzene rings is 1. The molecule has 1 atom stereocenters. The van der Waals surface area contributed by atoms with Crippen molar-refractivity contribution in [3.05, 3.63) is 45.0 Å². The smallest absolute Gasteiger partial charge is 0.340 e. The van der Waals surface area contributed by atoms with Crippen molar-refractivity contribution < 1.29 is 28.5 Å². The van der Waals surface area contributed by atoms with Crippen molar-refractivity contribution in [1.29, 1.82) is 0 Å². The third-order valence-corrected chi connectivity index (χ3v) is 5.27. The zero-order valence-electron chi connectivity index (χ0n) is 15.3. The molecule has 0 fully saturated rings. The Labute approximate surface area is 165 Å². The quantitative estimate of drug-likeness (QED) is 0.722. The maximum Gasteiger partial charge on any atom is 0.340 e.